The van der Waals surface area contributed by atoms with Gasteiger partial charge in [-0.25, -0.2) is 12.7 Å². The molecule has 2 atom stereocenters. The number of nitrogens with zero attached hydrogens (tertiary/aromatic N) is 1. The van der Waals surface area contributed by atoms with E-state index in [-0.39, 0.29) is 6.42 Å². The van der Waals surface area contributed by atoms with Crippen LogP contribution < -0.4 is 5.73 Å². The second-order valence-electron chi connectivity index (χ2n) is 3.86. The lowest BCUT2D eigenvalue weighted by Gasteiger charge is -2.38. The van der Waals surface area contributed by atoms with Crippen molar-refractivity contribution >= 4 is 15.9 Å². The molecule has 0 bridgehead atoms. The topological polar surface area (TPSA) is 89.7 Å². The summed E-state index contributed by atoms with van der Waals surface area (Å²) < 4.78 is 29.5. The summed E-state index contributed by atoms with van der Waals surface area (Å²) in [7, 11) is -3.65. The van der Waals surface area contributed by atoms with E-state index in [4.69, 9.17) is 10.5 Å². The minimum absolute atomic E-state index is 0.000903. The molecule has 0 spiro atoms. The molecule has 0 saturated carbocycles. The average Bonchev–Trinajstić information content (AvgIpc) is 2.38. The van der Waals surface area contributed by atoms with E-state index in [0.29, 0.717) is 13.0 Å². The second kappa shape index (κ2) is 4.31. The fraction of sp³-hybridized carbons (Fsp3) is 0.889. The van der Waals surface area contributed by atoms with Crippen molar-refractivity contribution in [1.82, 2.24) is 4.31 Å². The van der Waals surface area contributed by atoms with Gasteiger partial charge in [0.2, 0.25) is 15.9 Å². The highest BCUT2D eigenvalue weighted by Crippen LogP contribution is 2.35. The van der Waals surface area contributed by atoms with E-state index in [1.807, 2.05) is 0 Å². The third-order valence-electron chi connectivity index (χ3n) is 2.78. The summed E-state index contributed by atoms with van der Waals surface area (Å²) in [5, 5.41) is 0. The minimum atomic E-state index is -3.65. The lowest BCUT2D eigenvalue weighted by Crippen LogP contribution is -2.57. The third kappa shape index (κ3) is 1.94. The van der Waals surface area contributed by atoms with E-state index >= 15 is 0 Å². The predicted molar refractivity (Wildman–Crippen MR) is 58.9 cm³/mol. The number of nitrogens with two attached hydrogens (primary N) is 1. The van der Waals surface area contributed by atoms with Crippen LogP contribution in [0.15, 0.2) is 0 Å². The average molecular weight is 250 g/mol. The molecule has 1 saturated heterocycles. The van der Waals surface area contributed by atoms with Crippen LogP contribution in [0.2, 0.25) is 0 Å². The number of carbonyl (C=O) groups excluding carboxylic acids is 1. The SMILES string of the molecule is CCOC1(CC)[C@@H](N)CC(=O)N1S(C)(=O)=O. The van der Waals surface area contributed by atoms with Gasteiger partial charge in [0.25, 0.3) is 0 Å². The highest BCUT2D eigenvalue weighted by Gasteiger charge is 2.55. The Morgan fingerprint density at radius 3 is 2.50 bits per heavy atom. The molecule has 7 heteroatoms. The molecule has 0 radical (unpaired) electrons. The van der Waals surface area contributed by atoms with Crippen molar-refractivity contribution in [3.05, 3.63) is 0 Å². The molecule has 1 unspecified atom stereocenters. The molecule has 1 fully saturated rings. The lowest BCUT2D eigenvalue weighted by molar-refractivity contribution is -0.143. The standard InChI is InChI=1S/C9H18N2O4S/c1-4-9(15-5-2)7(10)6-8(12)11(9)16(3,13)14/h7H,4-6,10H2,1-3H3/t7-,9?/m0/s1. The van der Waals surface area contributed by atoms with Crippen LogP contribution in [0.3, 0.4) is 0 Å². The van der Waals surface area contributed by atoms with Crippen LogP contribution in [-0.4, -0.2) is 43.3 Å². The van der Waals surface area contributed by atoms with Crippen LogP contribution >= 0.6 is 0 Å². The second-order valence-corrected chi connectivity index (χ2v) is 5.69. The summed E-state index contributed by atoms with van der Waals surface area (Å²) >= 11 is 0. The first kappa shape index (κ1) is 13.4. The first-order valence-electron chi connectivity index (χ1n) is 5.22. The maximum Gasteiger partial charge on any atom is 0.240 e. The molecule has 0 aliphatic carbocycles. The van der Waals surface area contributed by atoms with Gasteiger partial charge in [-0.05, 0) is 13.3 Å². The van der Waals surface area contributed by atoms with Crippen molar-refractivity contribution in [2.45, 2.75) is 38.5 Å². The number of sulfonamides is 1. The Hall–Kier alpha value is -0.660. The number of hydrogen-bond acceptors (Lipinski definition) is 5. The number of carbonyl (C=O) groups is 1. The number of amides is 1. The maximum absolute atomic E-state index is 11.7. The zero-order chi connectivity index (χ0) is 12.6. The summed E-state index contributed by atoms with van der Waals surface area (Å²) in [6, 6.07) is -0.611. The molecule has 16 heavy (non-hydrogen) atoms. The Bertz CT molecular complexity index is 381. The zero-order valence-electron chi connectivity index (χ0n) is 9.76. The Morgan fingerprint density at radius 2 is 2.12 bits per heavy atom. The molecule has 0 aromatic heterocycles. The Morgan fingerprint density at radius 1 is 1.56 bits per heavy atom. The highest BCUT2D eigenvalue weighted by atomic mass is 32.2. The van der Waals surface area contributed by atoms with Gasteiger partial charge in [-0.2, -0.15) is 0 Å². The van der Waals surface area contributed by atoms with E-state index in [1.165, 1.54) is 0 Å². The summed E-state index contributed by atoms with van der Waals surface area (Å²) in [6.07, 6.45) is 1.34. The van der Waals surface area contributed by atoms with Gasteiger partial charge < -0.3 is 10.5 Å². The minimum Gasteiger partial charge on any atom is -0.353 e. The smallest absolute Gasteiger partial charge is 0.240 e. The van der Waals surface area contributed by atoms with Gasteiger partial charge in [0.15, 0.2) is 5.72 Å². The molecule has 0 aromatic rings. The first-order chi connectivity index (χ1) is 7.29. The highest BCUT2D eigenvalue weighted by molar-refractivity contribution is 7.89. The van der Waals surface area contributed by atoms with Crippen molar-refractivity contribution in [3.8, 4) is 0 Å². The van der Waals surface area contributed by atoms with Gasteiger partial charge >= 0.3 is 0 Å². The third-order valence-corrected chi connectivity index (χ3v) is 3.95. The fourth-order valence-electron chi connectivity index (χ4n) is 2.18. The molecule has 6 nitrogen and oxygen atoms in total. The molecular formula is C9H18N2O4S. The van der Waals surface area contributed by atoms with Crippen molar-refractivity contribution in [3.63, 3.8) is 0 Å². The number of rotatable bonds is 4. The largest absolute Gasteiger partial charge is 0.353 e. The molecule has 2 N–H and O–H groups in total. The summed E-state index contributed by atoms with van der Waals surface area (Å²) in [6.45, 7) is 3.81. The predicted octanol–water partition coefficient (Wildman–Crippen LogP) is -0.352. The van der Waals surface area contributed by atoms with Crippen LogP contribution in [0, 0.1) is 0 Å². The monoisotopic (exact) mass is 250 g/mol. The number of ether oxygens (including phenoxy) is 1. The van der Waals surface area contributed by atoms with E-state index in [1.54, 1.807) is 13.8 Å². The van der Waals surface area contributed by atoms with E-state index in [2.05, 4.69) is 0 Å². The van der Waals surface area contributed by atoms with Crippen LogP contribution in [0.4, 0.5) is 0 Å². The molecular weight excluding hydrogens is 232 g/mol. The normalized spacial score (nSPS) is 31.1. The van der Waals surface area contributed by atoms with Crippen LogP contribution in [0.25, 0.3) is 0 Å². The molecule has 1 aliphatic rings. The zero-order valence-corrected chi connectivity index (χ0v) is 10.6. The first-order valence-corrected chi connectivity index (χ1v) is 7.07. The molecule has 94 valence electrons. The molecule has 1 amide bonds. The molecule has 1 rings (SSSR count). The van der Waals surface area contributed by atoms with Crippen LogP contribution in [0.5, 0.6) is 0 Å². The van der Waals surface area contributed by atoms with Gasteiger partial charge in [-0.15, -0.1) is 0 Å². The van der Waals surface area contributed by atoms with Crippen molar-refractivity contribution < 1.29 is 17.9 Å². The van der Waals surface area contributed by atoms with Crippen LogP contribution in [-0.2, 0) is 19.6 Å². The Kier molecular flexibility index (Phi) is 3.61. The fourth-order valence-corrected chi connectivity index (χ4v) is 3.50. The maximum atomic E-state index is 11.7. The van der Waals surface area contributed by atoms with Gasteiger partial charge in [0.1, 0.15) is 0 Å². The lowest BCUT2D eigenvalue weighted by atomic mass is 10.0. The quantitative estimate of drug-likeness (QED) is 0.736. The van der Waals surface area contributed by atoms with E-state index in [0.717, 1.165) is 10.6 Å². The molecule has 1 aliphatic heterocycles. The van der Waals surface area contributed by atoms with Gasteiger partial charge in [-0.3, -0.25) is 4.79 Å². The summed E-state index contributed by atoms with van der Waals surface area (Å²) in [5.41, 5.74) is 4.63. The summed E-state index contributed by atoms with van der Waals surface area (Å²) in [4.78, 5) is 11.7. The van der Waals surface area contributed by atoms with E-state index < -0.39 is 27.7 Å². The van der Waals surface area contributed by atoms with Crippen LogP contribution in [0.1, 0.15) is 26.7 Å². The number of hydrogen-bond donors (Lipinski definition) is 1. The van der Waals surface area contributed by atoms with Crippen molar-refractivity contribution in [2.24, 2.45) is 5.73 Å². The Labute approximate surface area is 95.8 Å². The summed E-state index contributed by atoms with van der Waals surface area (Å²) in [5.74, 6) is -0.495. The molecule has 1 heterocycles. The van der Waals surface area contributed by atoms with Gasteiger partial charge in [0, 0.05) is 13.0 Å². The molecule has 0 aromatic carbocycles. The van der Waals surface area contributed by atoms with Gasteiger partial charge in [-0.1, -0.05) is 6.92 Å². The van der Waals surface area contributed by atoms with Gasteiger partial charge in [0.05, 0.1) is 12.3 Å². The Balaban J connectivity index is 3.25. The van der Waals surface area contributed by atoms with Crippen molar-refractivity contribution in [2.75, 3.05) is 12.9 Å². The van der Waals surface area contributed by atoms with E-state index in [9.17, 15) is 13.2 Å². The van der Waals surface area contributed by atoms with Crippen molar-refractivity contribution in [1.29, 1.82) is 0 Å².